The Morgan fingerprint density at radius 1 is 1.25 bits per heavy atom. The van der Waals surface area contributed by atoms with Crippen molar-refractivity contribution in [3.63, 3.8) is 0 Å². The summed E-state index contributed by atoms with van der Waals surface area (Å²) in [6, 6.07) is 7.03. The third-order valence-electron chi connectivity index (χ3n) is 3.20. The molecule has 2 aliphatic heterocycles. The van der Waals surface area contributed by atoms with Gasteiger partial charge in [-0.05, 0) is 10.5 Å². The molecular formula is C11H13NO3S. The van der Waals surface area contributed by atoms with Gasteiger partial charge in [-0.3, -0.25) is 0 Å². The van der Waals surface area contributed by atoms with E-state index in [4.69, 9.17) is 4.84 Å². The third kappa shape index (κ3) is 0.901. The topological polar surface area (TPSA) is 49.7 Å². The maximum atomic E-state index is 12.1. The summed E-state index contributed by atoms with van der Waals surface area (Å²) in [4.78, 5) is 5.76. The minimum Gasteiger partial charge on any atom is -0.249 e. The van der Waals surface area contributed by atoms with Gasteiger partial charge < -0.3 is 0 Å². The Morgan fingerprint density at radius 2 is 1.88 bits per heavy atom. The Balaban J connectivity index is 2.33. The Labute approximate surface area is 94.8 Å². The standard InChI is InChI=1S/C11H13NO3S/c1-10(2,3)11-8-6-4-5-7-9(8)16(13,14)12(11)15-11/h4-7H,1-3H3. The van der Waals surface area contributed by atoms with Gasteiger partial charge in [0.25, 0.3) is 10.0 Å². The molecule has 1 fully saturated rings. The van der Waals surface area contributed by atoms with E-state index >= 15 is 0 Å². The van der Waals surface area contributed by atoms with Crippen molar-refractivity contribution in [2.75, 3.05) is 0 Å². The lowest BCUT2D eigenvalue weighted by Crippen LogP contribution is -2.29. The van der Waals surface area contributed by atoms with Crippen LogP contribution in [0.4, 0.5) is 0 Å². The first-order valence-electron chi connectivity index (χ1n) is 5.16. The van der Waals surface area contributed by atoms with Crippen LogP contribution < -0.4 is 0 Å². The first-order valence-corrected chi connectivity index (χ1v) is 6.60. The molecule has 1 aromatic carbocycles. The van der Waals surface area contributed by atoms with Crippen molar-refractivity contribution < 1.29 is 13.3 Å². The van der Waals surface area contributed by atoms with Crippen LogP contribution in [0.1, 0.15) is 26.3 Å². The van der Waals surface area contributed by atoms with Crippen molar-refractivity contribution in [1.29, 1.82) is 0 Å². The van der Waals surface area contributed by atoms with Crippen LogP contribution in [-0.2, 0) is 20.6 Å². The molecule has 0 aromatic heterocycles. The molecule has 2 aliphatic rings. The fraction of sp³-hybridized carbons (Fsp3) is 0.455. The quantitative estimate of drug-likeness (QED) is 0.649. The van der Waals surface area contributed by atoms with Crippen LogP contribution in [0.2, 0.25) is 0 Å². The number of fused-ring (bicyclic) bond motifs is 3. The Kier molecular flexibility index (Phi) is 1.60. The molecule has 5 heteroatoms. The monoisotopic (exact) mass is 239 g/mol. The zero-order valence-electron chi connectivity index (χ0n) is 9.39. The summed E-state index contributed by atoms with van der Waals surface area (Å²) in [5.74, 6) is 0. The zero-order chi connectivity index (χ0) is 11.8. The molecule has 0 spiro atoms. The second-order valence-electron chi connectivity index (χ2n) is 5.21. The van der Waals surface area contributed by atoms with Gasteiger partial charge in [-0.2, -0.15) is 0 Å². The molecule has 1 saturated heterocycles. The van der Waals surface area contributed by atoms with Crippen LogP contribution in [0.5, 0.6) is 0 Å². The highest BCUT2D eigenvalue weighted by atomic mass is 32.2. The molecule has 2 atom stereocenters. The summed E-state index contributed by atoms with van der Waals surface area (Å²) in [6.45, 7) is 5.93. The number of hydrogen-bond donors (Lipinski definition) is 0. The van der Waals surface area contributed by atoms with Crippen LogP contribution in [0.25, 0.3) is 0 Å². The van der Waals surface area contributed by atoms with Gasteiger partial charge in [0.1, 0.15) is 0 Å². The highest BCUT2D eigenvalue weighted by Gasteiger charge is 2.75. The molecule has 0 aliphatic carbocycles. The van der Waals surface area contributed by atoms with Crippen molar-refractivity contribution in [2.24, 2.45) is 5.41 Å². The van der Waals surface area contributed by atoms with E-state index in [0.717, 1.165) is 10.0 Å². The largest absolute Gasteiger partial charge is 0.268 e. The van der Waals surface area contributed by atoms with Crippen molar-refractivity contribution in [1.82, 2.24) is 4.47 Å². The SMILES string of the molecule is CC(C)(C)C12ON1S(=O)(=O)c1ccccc12. The van der Waals surface area contributed by atoms with Crippen molar-refractivity contribution in [3.8, 4) is 0 Å². The van der Waals surface area contributed by atoms with E-state index in [9.17, 15) is 8.42 Å². The summed E-state index contributed by atoms with van der Waals surface area (Å²) in [5, 5.41) is 0. The predicted octanol–water partition coefficient (Wildman–Crippen LogP) is 1.83. The van der Waals surface area contributed by atoms with E-state index in [1.807, 2.05) is 32.9 Å². The van der Waals surface area contributed by atoms with Gasteiger partial charge in [0.05, 0.1) is 4.90 Å². The molecule has 0 bridgehead atoms. The molecule has 3 rings (SSSR count). The molecule has 0 saturated carbocycles. The zero-order valence-corrected chi connectivity index (χ0v) is 10.2. The lowest BCUT2D eigenvalue weighted by atomic mass is 9.81. The average Bonchev–Trinajstić information content (AvgIpc) is 2.89. The molecule has 2 unspecified atom stereocenters. The second-order valence-corrected chi connectivity index (χ2v) is 6.94. The van der Waals surface area contributed by atoms with Gasteiger partial charge >= 0.3 is 0 Å². The van der Waals surface area contributed by atoms with E-state index in [-0.39, 0.29) is 5.41 Å². The van der Waals surface area contributed by atoms with E-state index < -0.39 is 15.7 Å². The maximum absolute atomic E-state index is 12.1. The highest BCUT2D eigenvalue weighted by Crippen LogP contribution is 2.64. The molecule has 16 heavy (non-hydrogen) atoms. The van der Waals surface area contributed by atoms with Crippen LogP contribution in [-0.4, -0.2) is 12.9 Å². The normalized spacial score (nSPS) is 34.3. The first kappa shape index (κ1) is 10.3. The molecule has 0 radical (unpaired) electrons. The minimum absolute atomic E-state index is 0.285. The molecule has 4 nitrogen and oxygen atoms in total. The van der Waals surface area contributed by atoms with Crippen LogP contribution in [0, 0.1) is 5.41 Å². The van der Waals surface area contributed by atoms with Crippen molar-refractivity contribution in [3.05, 3.63) is 29.8 Å². The predicted molar refractivity (Wildman–Crippen MR) is 57.7 cm³/mol. The fourth-order valence-corrected chi connectivity index (χ4v) is 4.17. The molecule has 0 amide bonds. The summed E-state index contributed by atoms with van der Waals surface area (Å²) >= 11 is 0. The summed E-state index contributed by atoms with van der Waals surface area (Å²) < 4.78 is 25.3. The number of nitrogens with zero attached hydrogens (tertiary/aromatic N) is 1. The Bertz CT molecular complexity index is 573. The molecule has 2 heterocycles. The third-order valence-corrected chi connectivity index (χ3v) is 4.88. The fourth-order valence-electron chi connectivity index (χ4n) is 2.34. The summed E-state index contributed by atoms with van der Waals surface area (Å²) in [5.41, 5.74) is -0.322. The van der Waals surface area contributed by atoms with Crippen molar-refractivity contribution >= 4 is 10.0 Å². The van der Waals surface area contributed by atoms with Gasteiger partial charge in [-0.25, -0.2) is 13.3 Å². The number of hydroxylamine groups is 1. The van der Waals surface area contributed by atoms with E-state index in [0.29, 0.717) is 4.90 Å². The van der Waals surface area contributed by atoms with E-state index in [1.54, 1.807) is 12.1 Å². The first-order chi connectivity index (χ1) is 7.32. The van der Waals surface area contributed by atoms with Gasteiger partial charge in [0.15, 0.2) is 0 Å². The highest BCUT2D eigenvalue weighted by molar-refractivity contribution is 7.89. The Morgan fingerprint density at radius 3 is 2.50 bits per heavy atom. The van der Waals surface area contributed by atoms with Crippen LogP contribution in [0.15, 0.2) is 29.2 Å². The number of sulfonamides is 1. The maximum Gasteiger partial charge on any atom is 0.268 e. The van der Waals surface area contributed by atoms with E-state index in [1.165, 1.54) is 0 Å². The second kappa shape index (κ2) is 2.50. The lowest BCUT2D eigenvalue weighted by molar-refractivity contribution is 0.148. The summed E-state index contributed by atoms with van der Waals surface area (Å²) in [7, 11) is -3.44. The molecule has 1 aromatic rings. The molecule has 86 valence electrons. The lowest BCUT2D eigenvalue weighted by Gasteiger charge is -2.23. The average molecular weight is 239 g/mol. The van der Waals surface area contributed by atoms with Gasteiger partial charge in [0.2, 0.25) is 5.72 Å². The van der Waals surface area contributed by atoms with E-state index in [2.05, 4.69) is 0 Å². The molecular weight excluding hydrogens is 226 g/mol. The number of benzene rings is 1. The van der Waals surface area contributed by atoms with Gasteiger partial charge in [-0.15, -0.1) is 0 Å². The van der Waals surface area contributed by atoms with Crippen LogP contribution >= 0.6 is 0 Å². The minimum atomic E-state index is -3.44. The van der Waals surface area contributed by atoms with Gasteiger partial charge in [-0.1, -0.05) is 39.0 Å². The van der Waals surface area contributed by atoms with Gasteiger partial charge in [0, 0.05) is 11.0 Å². The number of hydrogen-bond acceptors (Lipinski definition) is 3. The number of rotatable bonds is 0. The molecule has 0 N–H and O–H groups in total. The smallest absolute Gasteiger partial charge is 0.249 e. The van der Waals surface area contributed by atoms with Crippen LogP contribution in [0.3, 0.4) is 0 Å². The summed E-state index contributed by atoms with van der Waals surface area (Å²) in [6.07, 6.45) is 0. The Hall–Kier alpha value is -0.910. The van der Waals surface area contributed by atoms with Crippen molar-refractivity contribution in [2.45, 2.75) is 31.4 Å².